The maximum Gasteiger partial charge on any atom is 0.258 e. The number of hydrogen-bond acceptors (Lipinski definition) is 7. The highest BCUT2D eigenvalue weighted by atomic mass is 32.2. The van der Waals surface area contributed by atoms with Crippen molar-refractivity contribution in [3.63, 3.8) is 0 Å². The molecule has 36 heavy (non-hydrogen) atoms. The molecular weight excluding hydrogens is 498 g/mol. The molecule has 8 nitrogen and oxygen atoms in total. The van der Waals surface area contributed by atoms with Crippen LogP contribution < -0.4 is 4.90 Å². The number of ether oxygens (including phenoxy) is 1. The molecule has 1 unspecified atom stereocenters. The molecular formula is C26H29N3O5S2. The summed E-state index contributed by atoms with van der Waals surface area (Å²) in [6.07, 6.45) is 2.87. The van der Waals surface area contributed by atoms with E-state index in [1.54, 1.807) is 18.9 Å². The summed E-state index contributed by atoms with van der Waals surface area (Å²) in [5.74, 6) is -0.165. The Labute approximate surface area is 214 Å². The largest absolute Gasteiger partial charge is 0.385 e. The number of ketones is 1. The summed E-state index contributed by atoms with van der Waals surface area (Å²) >= 11 is 1.09. The van der Waals surface area contributed by atoms with E-state index in [2.05, 4.69) is 4.98 Å². The van der Waals surface area contributed by atoms with Gasteiger partial charge in [-0.25, -0.2) is 13.4 Å². The summed E-state index contributed by atoms with van der Waals surface area (Å²) in [5, 5.41) is 1.73. The number of sulfonamides is 1. The number of thiazole rings is 1. The van der Waals surface area contributed by atoms with Crippen molar-refractivity contribution in [2.75, 3.05) is 31.7 Å². The maximum absolute atomic E-state index is 13.6. The average molecular weight is 528 g/mol. The summed E-state index contributed by atoms with van der Waals surface area (Å²) in [4.78, 5) is 32.6. The van der Waals surface area contributed by atoms with E-state index in [-0.39, 0.29) is 22.3 Å². The normalized spacial score (nSPS) is 18.3. The van der Waals surface area contributed by atoms with Crippen LogP contribution in [0.15, 0.2) is 40.1 Å². The minimum absolute atomic E-state index is 0.0420. The third-order valence-electron chi connectivity index (χ3n) is 7.04. The standard InChI is InChI=1S/C26H29N3O5S2/c1-17-26(35-16-27-17)36(32,33)29-13-4-3-9-21(29)23(30)15-18-10-11-22-24-19(18)7-5-8-20(24)25(31)28(22)12-6-14-34-2/h5,7-8,10-11,16,21H,3-4,6,9,12-15H2,1-2H3. The first kappa shape index (κ1) is 25.0. The average Bonchev–Trinajstić information content (AvgIpc) is 3.44. The first-order chi connectivity index (χ1) is 17.3. The van der Waals surface area contributed by atoms with E-state index < -0.39 is 16.1 Å². The van der Waals surface area contributed by atoms with E-state index in [1.165, 1.54) is 9.82 Å². The fourth-order valence-corrected chi connectivity index (χ4v) is 8.31. The number of carbonyl (C=O) groups excluding carboxylic acids is 2. The van der Waals surface area contributed by atoms with E-state index in [0.29, 0.717) is 37.4 Å². The Morgan fingerprint density at radius 2 is 2.06 bits per heavy atom. The molecule has 1 saturated heterocycles. The number of aryl methyl sites for hydroxylation is 1. The Morgan fingerprint density at radius 1 is 1.22 bits per heavy atom. The molecule has 1 fully saturated rings. The Kier molecular flexibility index (Phi) is 6.95. The number of nitrogens with zero attached hydrogens (tertiary/aromatic N) is 3. The molecule has 0 spiro atoms. The van der Waals surface area contributed by atoms with Crippen LogP contribution in [0.25, 0.3) is 10.8 Å². The second kappa shape index (κ2) is 10.0. The highest BCUT2D eigenvalue weighted by molar-refractivity contribution is 7.91. The fourth-order valence-electron chi connectivity index (χ4n) is 5.31. The molecule has 0 saturated carbocycles. The molecule has 3 aromatic rings. The predicted molar refractivity (Wildman–Crippen MR) is 139 cm³/mol. The van der Waals surface area contributed by atoms with Crippen LogP contribution in [0.4, 0.5) is 5.69 Å². The first-order valence-corrected chi connectivity index (χ1v) is 14.5. The molecule has 190 valence electrons. The molecule has 0 aliphatic carbocycles. The molecule has 1 atom stereocenters. The molecule has 5 rings (SSSR count). The van der Waals surface area contributed by atoms with E-state index in [4.69, 9.17) is 4.74 Å². The highest BCUT2D eigenvalue weighted by Crippen LogP contribution is 2.39. The molecule has 0 radical (unpaired) electrons. The zero-order chi connectivity index (χ0) is 25.4. The third-order valence-corrected chi connectivity index (χ3v) is 10.5. The number of benzene rings is 2. The lowest BCUT2D eigenvalue weighted by atomic mass is 9.93. The second-order valence-corrected chi connectivity index (χ2v) is 12.2. The van der Waals surface area contributed by atoms with Gasteiger partial charge in [-0.2, -0.15) is 4.31 Å². The van der Waals surface area contributed by atoms with Crippen LogP contribution >= 0.6 is 11.3 Å². The number of carbonyl (C=O) groups is 2. The van der Waals surface area contributed by atoms with Gasteiger partial charge in [0.1, 0.15) is 0 Å². The lowest BCUT2D eigenvalue weighted by molar-refractivity contribution is -0.122. The fraction of sp³-hybridized carbons (Fsp3) is 0.423. The van der Waals surface area contributed by atoms with Crippen LogP contribution in [0.2, 0.25) is 0 Å². The number of rotatable bonds is 9. The quantitative estimate of drug-likeness (QED) is 0.391. The van der Waals surface area contributed by atoms with Crippen LogP contribution in [0.1, 0.15) is 47.3 Å². The SMILES string of the molecule is COCCCN1C(=O)c2cccc3c(CC(=O)C4CCCCN4S(=O)(=O)c4scnc4C)ccc1c23. The molecule has 2 aliphatic heterocycles. The summed E-state index contributed by atoms with van der Waals surface area (Å²) < 4.78 is 33.6. The van der Waals surface area contributed by atoms with E-state index in [1.807, 2.05) is 30.3 Å². The van der Waals surface area contributed by atoms with Crippen molar-refractivity contribution >= 4 is 49.5 Å². The van der Waals surface area contributed by atoms with E-state index in [9.17, 15) is 18.0 Å². The van der Waals surface area contributed by atoms with Crippen LogP contribution in [-0.4, -0.2) is 62.2 Å². The maximum atomic E-state index is 13.6. The summed E-state index contributed by atoms with van der Waals surface area (Å²) in [6.45, 7) is 3.12. The minimum atomic E-state index is -3.80. The number of Topliss-reactive ketones (excluding diaryl/α,β-unsaturated/α-hetero) is 1. The Bertz CT molecular complexity index is 1430. The highest BCUT2D eigenvalue weighted by Gasteiger charge is 2.39. The molecule has 10 heteroatoms. The van der Waals surface area contributed by atoms with Crippen molar-refractivity contribution in [1.82, 2.24) is 9.29 Å². The molecule has 1 amide bonds. The van der Waals surface area contributed by atoms with Crippen molar-refractivity contribution in [2.45, 2.75) is 49.3 Å². The van der Waals surface area contributed by atoms with Crippen molar-refractivity contribution in [3.8, 4) is 0 Å². The number of methoxy groups -OCH3 is 1. The van der Waals surface area contributed by atoms with Crippen molar-refractivity contribution in [2.24, 2.45) is 0 Å². The molecule has 1 aromatic heterocycles. The van der Waals surface area contributed by atoms with Gasteiger partial charge in [-0.1, -0.05) is 24.6 Å². The van der Waals surface area contributed by atoms with Gasteiger partial charge in [0, 0.05) is 44.2 Å². The van der Waals surface area contributed by atoms with Gasteiger partial charge in [0.15, 0.2) is 9.99 Å². The van der Waals surface area contributed by atoms with Crippen LogP contribution in [-0.2, 0) is 26.0 Å². The lowest BCUT2D eigenvalue weighted by Gasteiger charge is -2.33. The molecule has 2 aromatic carbocycles. The number of amides is 1. The molecule has 0 bridgehead atoms. The summed E-state index contributed by atoms with van der Waals surface area (Å²) in [7, 11) is -2.16. The van der Waals surface area contributed by atoms with Gasteiger partial charge in [0.25, 0.3) is 15.9 Å². The van der Waals surface area contributed by atoms with Gasteiger partial charge in [0.05, 0.1) is 22.9 Å². The van der Waals surface area contributed by atoms with Crippen LogP contribution in [0.5, 0.6) is 0 Å². The predicted octanol–water partition coefficient (Wildman–Crippen LogP) is 3.96. The van der Waals surface area contributed by atoms with Gasteiger partial charge in [-0.3, -0.25) is 9.59 Å². The van der Waals surface area contributed by atoms with E-state index >= 15 is 0 Å². The number of aromatic nitrogens is 1. The summed E-state index contributed by atoms with van der Waals surface area (Å²) in [5.41, 5.74) is 4.28. The van der Waals surface area contributed by atoms with Gasteiger partial charge in [-0.15, -0.1) is 11.3 Å². The first-order valence-electron chi connectivity index (χ1n) is 12.1. The number of hydrogen-bond donors (Lipinski definition) is 0. The van der Waals surface area contributed by atoms with Crippen molar-refractivity contribution in [1.29, 1.82) is 0 Å². The Balaban J connectivity index is 1.45. The zero-order valence-corrected chi connectivity index (χ0v) is 22.0. The van der Waals surface area contributed by atoms with E-state index in [0.717, 1.165) is 52.6 Å². The monoisotopic (exact) mass is 527 g/mol. The molecule has 0 N–H and O–H groups in total. The number of piperidine rings is 1. The smallest absolute Gasteiger partial charge is 0.258 e. The Hall–Kier alpha value is -2.66. The van der Waals surface area contributed by atoms with Gasteiger partial charge in [-0.05, 0) is 49.3 Å². The molecule has 2 aliphatic rings. The Morgan fingerprint density at radius 3 is 2.81 bits per heavy atom. The topological polar surface area (TPSA) is 96.9 Å². The van der Waals surface area contributed by atoms with Gasteiger partial charge >= 0.3 is 0 Å². The van der Waals surface area contributed by atoms with Crippen molar-refractivity contribution in [3.05, 3.63) is 52.7 Å². The van der Waals surface area contributed by atoms with Crippen LogP contribution in [0, 0.1) is 6.92 Å². The number of anilines is 1. The zero-order valence-electron chi connectivity index (χ0n) is 20.4. The third kappa shape index (κ3) is 4.26. The summed E-state index contributed by atoms with van der Waals surface area (Å²) in [6, 6.07) is 8.70. The van der Waals surface area contributed by atoms with Gasteiger partial charge in [0.2, 0.25) is 0 Å². The van der Waals surface area contributed by atoms with Crippen molar-refractivity contribution < 1.29 is 22.7 Å². The van der Waals surface area contributed by atoms with Gasteiger partial charge < -0.3 is 9.64 Å². The molecule has 3 heterocycles. The van der Waals surface area contributed by atoms with Crippen LogP contribution in [0.3, 0.4) is 0 Å². The lowest BCUT2D eigenvalue weighted by Crippen LogP contribution is -2.48. The second-order valence-electron chi connectivity index (χ2n) is 9.27. The minimum Gasteiger partial charge on any atom is -0.385 e.